The summed E-state index contributed by atoms with van der Waals surface area (Å²) in [5, 5.41) is 7.29. The average Bonchev–Trinajstić information content (AvgIpc) is 2.88. The molecule has 20 heavy (non-hydrogen) atoms. The Bertz CT molecular complexity index is 541. The molecular weight excluding hydrogens is 248 g/mol. The van der Waals surface area contributed by atoms with Gasteiger partial charge in [-0.05, 0) is 24.8 Å². The standard InChI is InChI=1S/C16H22N4/c17-16-15(13-7-4-10-18-11-13)14(19-20-16)9-8-12-5-2-1-3-6-12/h4,7,10-12H,1-3,5-6,8-9H2,(H3,17,19,20). The minimum atomic E-state index is 0.580. The van der Waals surface area contributed by atoms with Gasteiger partial charge < -0.3 is 5.73 Å². The molecule has 2 heterocycles. The lowest BCUT2D eigenvalue weighted by Crippen LogP contribution is -2.07. The van der Waals surface area contributed by atoms with Gasteiger partial charge in [0.1, 0.15) is 0 Å². The molecule has 0 aromatic carbocycles. The van der Waals surface area contributed by atoms with E-state index in [0.29, 0.717) is 5.82 Å². The lowest BCUT2D eigenvalue weighted by atomic mass is 9.85. The molecule has 4 nitrogen and oxygen atoms in total. The van der Waals surface area contributed by atoms with Crippen molar-refractivity contribution < 1.29 is 0 Å². The lowest BCUT2D eigenvalue weighted by molar-refractivity contribution is 0.338. The van der Waals surface area contributed by atoms with Crippen LogP contribution in [0.3, 0.4) is 0 Å². The quantitative estimate of drug-likeness (QED) is 0.892. The Balaban J connectivity index is 1.74. The molecule has 0 bridgehead atoms. The maximum absolute atomic E-state index is 6.01. The zero-order chi connectivity index (χ0) is 13.8. The molecule has 3 rings (SSSR count). The number of aromatic nitrogens is 3. The number of anilines is 1. The minimum absolute atomic E-state index is 0.580. The monoisotopic (exact) mass is 270 g/mol. The summed E-state index contributed by atoms with van der Waals surface area (Å²) < 4.78 is 0. The van der Waals surface area contributed by atoms with Gasteiger partial charge in [-0.15, -0.1) is 0 Å². The van der Waals surface area contributed by atoms with Crippen molar-refractivity contribution in [1.29, 1.82) is 0 Å². The molecule has 2 aromatic rings. The van der Waals surface area contributed by atoms with Crippen molar-refractivity contribution in [3.8, 4) is 11.1 Å². The fraction of sp³-hybridized carbons (Fsp3) is 0.500. The highest BCUT2D eigenvalue weighted by Crippen LogP contribution is 2.31. The van der Waals surface area contributed by atoms with Crippen LogP contribution in [0.15, 0.2) is 24.5 Å². The van der Waals surface area contributed by atoms with E-state index < -0.39 is 0 Å². The highest BCUT2D eigenvalue weighted by atomic mass is 15.2. The maximum Gasteiger partial charge on any atom is 0.153 e. The Hall–Kier alpha value is -1.84. The molecule has 0 amide bonds. The first-order valence-corrected chi connectivity index (χ1v) is 7.57. The van der Waals surface area contributed by atoms with Crippen LogP contribution in [0.5, 0.6) is 0 Å². The predicted molar refractivity (Wildman–Crippen MR) is 81.1 cm³/mol. The molecule has 0 unspecified atom stereocenters. The molecule has 1 aliphatic carbocycles. The normalized spacial score (nSPS) is 16.4. The molecule has 0 spiro atoms. The summed E-state index contributed by atoms with van der Waals surface area (Å²) in [7, 11) is 0. The fourth-order valence-corrected chi connectivity index (χ4v) is 3.23. The number of nitrogen functional groups attached to an aromatic ring is 1. The van der Waals surface area contributed by atoms with Crippen molar-refractivity contribution in [1.82, 2.24) is 15.2 Å². The van der Waals surface area contributed by atoms with E-state index in [1.54, 1.807) is 6.20 Å². The van der Waals surface area contributed by atoms with E-state index in [-0.39, 0.29) is 0 Å². The third kappa shape index (κ3) is 2.84. The average molecular weight is 270 g/mol. The van der Waals surface area contributed by atoms with Crippen molar-refractivity contribution in [2.24, 2.45) is 5.92 Å². The van der Waals surface area contributed by atoms with Crippen LogP contribution in [-0.2, 0) is 6.42 Å². The van der Waals surface area contributed by atoms with E-state index in [2.05, 4.69) is 15.2 Å². The van der Waals surface area contributed by atoms with Gasteiger partial charge in [0.25, 0.3) is 0 Å². The summed E-state index contributed by atoms with van der Waals surface area (Å²) in [6.07, 6.45) is 12.9. The summed E-state index contributed by atoms with van der Waals surface area (Å²) in [5.74, 6) is 1.45. The summed E-state index contributed by atoms with van der Waals surface area (Å²) in [6.45, 7) is 0. The van der Waals surface area contributed by atoms with Crippen LogP contribution in [0.25, 0.3) is 11.1 Å². The molecule has 2 aromatic heterocycles. The van der Waals surface area contributed by atoms with E-state index in [1.165, 1.54) is 38.5 Å². The van der Waals surface area contributed by atoms with Crippen molar-refractivity contribution in [3.05, 3.63) is 30.2 Å². The van der Waals surface area contributed by atoms with Crippen molar-refractivity contribution >= 4 is 5.82 Å². The van der Waals surface area contributed by atoms with Crippen LogP contribution < -0.4 is 5.73 Å². The van der Waals surface area contributed by atoms with E-state index in [9.17, 15) is 0 Å². The molecule has 106 valence electrons. The number of hydrogen-bond acceptors (Lipinski definition) is 3. The van der Waals surface area contributed by atoms with Crippen LogP contribution in [0.4, 0.5) is 5.82 Å². The van der Waals surface area contributed by atoms with Gasteiger partial charge in [-0.25, -0.2) is 0 Å². The van der Waals surface area contributed by atoms with E-state index in [4.69, 9.17) is 5.73 Å². The highest BCUT2D eigenvalue weighted by molar-refractivity contribution is 5.75. The number of pyridine rings is 1. The second-order valence-electron chi connectivity index (χ2n) is 5.75. The molecule has 0 aliphatic heterocycles. The second kappa shape index (κ2) is 6.07. The Morgan fingerprint density at radius 3 is 2.85 bits per heavy atom. The molecule has 1 aliphatic rings. The summed E-state index contributed by atoms with van der Waals surface area (Å²) >= 11 is 0. The van der Waals surface area contributed by atoms with Crippen LogP contribution in [0.2, 0.25) is 0 Å². The Labute approximate surface area is 119 Å². The van der Waals surface area contributed by atoms with Gasteiger partial charge in [0.05, 0.1) is 0 Å². The van der Waals surface area contributed by atoms with Gasteiger partial charge in [0.15, 0.2) is 5.82 Å². The van der Waals surface area contributed by atoms with Crippen LogP contribution in [-0.4, -0.2) is 15.2 Å². The number of nitrogens with zero attached hydrogens (tertiary/aromatic N) is 2. The highest BCUT2D eigenvalue weighted by Gasteiger charge is 2.17. The number of aryl methyl sites for hydroxylation is 1. The smallest absolute Gasteiger partial charge is 0.153 e. The van der Waals surface area contributed by atoms with Crippen molar-refractivity contribution in [2.45, 2.75) is 44.9 Å². The zero-order valence-corrected chi connectivity index (χ0v) is 11.8. The molecular formula is C16H22N4. The number of nitrogens with two attached hydrogens (primary N) is 1. The Morgan fingerprint density at radius 1 is 1.25 bits per heavy atom. The van der Waals surface area contributed by atoms with Gasteiger partial charge in [-0.1, -0.05) is 38.2 Å². The van der Waals surface area contributed by atoms with E-state index in [1.807, 2.05) is 18.3 Å². The predicted octanol–water partition coefficient (Wildman–Crippen LogP) is 3.57. The molecule has 1 saturated carbocycles. The van der Waals surface area contributed by atoms with Gasteiger partial charge in [0, 0.05) is 29.2 Å². The molecule has 0 atom stereocenters. The van der Waals surface area contributed by atoms with Crippen LogP contribution in [0.1, 0.15) is 44.2 Å². The molecule has 0 radical (unpaired) electrons. The number of hydrogen-bond donors (Lipinski definition) is 2. The van der Waals surface area contributed by atoms with Gasteiger partial charge in [0.2, 0.25) is 0 Å². The summed E-state index contributed by atoms with van der Waals surface area (Å²) in [6, 6.07) is 3.98. The second-order valence-corrected chi connectivity index (χ2v) is 5.75. The van der Waals surface area contributed by atoms with Crippen molar-refractivity contribution in [3.63, 3.8) is 0 Å². The number of rotatable bonds is 4. The van der Waals surface area contributed by atoms with Crippen molar-refractivity contribution in [2.75, 3.05) is 5.73 Å². The lowest BCUT2D eigenvalue weighted by Gasteiger charge is -2.21. The Kier molecular flexibility index (Phi) is 4.00. The van der Waals surface area contributed by atoms with Crippen LogP contribution >= 0.6 is 0 Å². The minimum Gasteiger partial charge on any atom is -0.382 e. The van der Waals surface area contributed by atoms with Gasteiger partial charge >= 0.3 is 0 Å². The maximum atomic E-state index is 6.01. The molecule has 1 fully saturated rings. The first kappa shape index (κ1) is 13.2. The topological polar surface area (TPSA) is 67.6 Å². The third-order valence-corrected chi connectivity index (χ3v) is 4.35. The summed E-state index contributed by atoms with van der Waals surface area (Å²) in [4.78, 5) is 4.18. The molecule has 0 saturated heterocycles. The largest absolute Gasteiger partial charge is 0.382 e. The third-order valence-electron chi connectivity index (χ3n) is 4.35. The van der Waals surface area contributed by atoms with Crippen LogP contribution in [0, 0.1) is 5.92 Å². The molecule has 4 heteroatoms. The SMILES string of the molecule is Nc1n[nH]c(CCC2CCCCC2)c1-c1cccnc1. The summed E-state index contributed by atoms with van der Waals surface area (Å²) in [5.41, 5.74) is 9.25. The first-order chi connectivity index (χ1) is 9.84. The number of nitrogens with one attached hydrogen (secondary N) is 1. The first-order valence-electron chi connectivity index (χ1n) is 7.57. The number of aromatic amines is 1. The molecule has 3 N–H and O–H groups in total. The van der Waals surface area contributed by atoms with E-state index >= 15 is 0 Å². The van der Waals surface area contributed by atoms with Gasteiger partial charge in [-0.3, -0.25) is 10.1 Å². The zero-order valence-electron chi connectivity index (χ0n) is 11.8. The fourth-order valence-electron chi connectivity index (χ4n) is 3.23. The Morgan fingerprint density at radius 2 is 2.10 bits per heavy atom. The number of H-pyrrole nitrogens is 1. The van der Waals surface area contributed by atoms with E-state index in [0.717, 1.165) is 29.2 Å². The van der Waals surface area contributed by atoms with Gasteiger partial charge in [-0.2, -0.15) is 5.10 Å².